The summed E-state index contributed by atoms with van der Waals surface area (Å²) in [5.41, 5.74) is 0.927. The number of carbonyl (C=O) groups is 1. The van der Waals surface area contributed by atoms with Crippen molar-refractivity contribution in [1.29, 1.82) is 0 Å². The number of aliphatic imine (C=N–C) groups is 1. The largest absolute Gasteiger partial charge is 0.475 e. The van der Waals surface area contributed by atoms with Crippen LogP contribution in [0.15, 0.2) is 23.3 Å². The summed E-state index contributed by atoms with van der Waals surface area (Å²) >= 11 is 0. The number of hydrogen-bond donors (Lipinski definition) is 2. The minimum atomic E-state index is 0.292. The van der Waals surface area contributed by atoms with E-state index in [0.29, 0.717) is 38.0 Å². The SMILES string of the molecule is CCNC(=NCc1cccnc1OCCOC)NCCCN1CCCCCC1=O. The molecule has 162 valence electrons. The number of guanidine groups is 1. The number of nitrogens with zero attached hydrogens (tertiary/aromatic N) is 3. The monoisotopic (exact) mass is 405 g/mol. The summed E-state index contributed by atoms with van der Waals surface area (Å²) < 4.78 is 10.7. The van der Waals surface area contributed by atoms with Crippen molar-refractivity contribution in [2.45, 2.75) is 45.6 Å². The molecule has 8 nitrogen and oxygen atoms in total. The molecule has 1 aromatic heterocycles. The lowest BCUT2D eigenvalue weighted by Gasteiger charge is -2.20. The number of nitrogens with one attached hydrogen (secondary N) is 2. The molecule has 0 aliphatic carbocycles. The fourth-order valence-corrected chi connectivity index (χ4v) is 3.15. The molecule has 2 rings (SSSR count). The van der Waals surface area contributed by atoms with Gasteiger partial charge in [0.25, 0.3) is 0 Å². The zero-order valence-electron chi connectivity index (χ0n) is 17.8. The van der Waals surface area contributed by atoms with E-state index in [1.54, 1.807) is 13.3 Å². The molecule has 0 aromatic carbocycles. The van der Waals surface area contributed by atoms with Crippen LogP contribution in [0.5, 0.6) is 5.88 Å². The Morgan fingerprint density at radius 3 is 3.00 bits per heavy atom. The van der Waals surface area contributed by atoms with Gasteiger partial charge in [-0.05, 0) is 32.3 Å². The smallest absolute Gasteiger partial charge is 0.222 e. The zero-order chi connectivity index (χ0) is 20.7. The Morgan fingerprint density at radius 2 is 2.17 bits per heavy atom. The zero-order valence-corrected chi connectivity index (χ0v) is 17.8. The van der Waals surface area contributed by atoms with E-state index < -0.39 is 0 Å². The molecule has 0 radical (unpaired) electrons. The van der Waals surface area contributed by atoms with Gasteiger partial charge < -0.3 is 25.0 Å². The molecule has 29 heavy (non-hydrogen) atoms. The maximum Gasteiger partial charge on any atom is 0.222 e. The summed E-state index contributed by atoms with van der Waals surface area (Å²) in [7, 11) is 1.64. The normalized spacial score (nSPS) is 15.2. The summed E-state index contributed by atoms with van der Waals surface area (Å²) in [6.07, 6.45) is 6.59. The minimum absolute atomic E-state index is 0.292. The lowest BCUT2D eigenvalue weighted by molar-refractivity contribution is -0.130. The molecule has 0 spiro atoms. The second-order valence-corrected chi connectivity index (χ2v) is 6.98. The highest BCUT2D eigenvalue weighted by atomic mass is 16.5. The first kappa shape index (κ1) is 22.9. The van der Waals surface area contributed by atoms with Crippen LogP contribution in [0.25, 0.3) is 0 Å². The molecule has 1 amide bonds. The van der Waals surface area contributed by atoms with Gasteiger partial charge in [0.2, 0.25) is 11.8 Å². The minimum Gasteiger partial charge on any atom is -0.475 e. The third-order valence-corrected chi connectivity index (χ3v) is 4.70. The quantitative estimate of drug-likeness (QED) is 0.332. The van der Waals surface area contributed by atoms with E-state index in [0.717, 1.165) is 63.4 Å². The van der Waals surface area contributed by atoms with Gasteiger partial charge in [-0.25, -0.2) is 9.98 Å². The van der Waals surface area contributed by atoms with Gasteiger partial charge in [-0.15, -0.1) is 0 Å². The van der Waals surface area contributed by atoms with Crippen molar-refractivity contribution in [2.75, 3.05) is 46.5 Å². The summed E-state index contributed by atoms with van der Waals surface area (Å²) in [6, 6.07) is 3.85. The third-order valence-electron chi connectivity index (χ3n) is 4.70. The second kappa shape index (κ2) is 13.8. The highest BCUT2D eigenvalue weighted by Gasteiger charge is 2.15. The van der Waals surface area contributed by atoms with Crippen molar-refractivity contribution in [1.82, 2.24) is 20.5 Å². The Kier molecular flexibility index (Phi) is 10.9. The summed E-state index contributed by atoms with van der Waals surface area (Å²) in [6.45, 7) is 6.71. The average Bonchev–Trinajstić information content (AvgIpc) is 2.94. The van der Waals surface area contributed by atoms with Gasteiger partial charge in [0.15, 0.2) is 5.96 Å². The van der Waals surface area contributed by atoms with Gasteiger partial charge >= 0.3 is 0 Å². The molecule has 0 atom stereocenters. The van der Waals surface area contributed by atoms with Gasteiger partial charge in [-0.1, -0.05) is 12.5 Å². The number of amides is 1. The average molecular weight is 406 g/mol. The lowest BCUT2D eigenvalue weighted by atomic mass is 10.2. The molecule has 1 saturated heterocycles. The number of aromatic nitrogens is 1. The standard InChI is InChI=1S/C21H35N5O3/c1-3-22-21(24-12-8-14-26-13-6-4-5-10-19(26)27)25-17-18-9-7-11-23-20(18)29-16-15-28-2/h7,9,11H,3-6,8,10,12-17H2,1-2H3,(H2,22,24,25). The first-order valence-electron chi connectivity index (χ1n) is 10.6. The van der Waals surface area contributed by atoms with E-state index in [9.17, 15) is 4.79 Å². The van der Waals surface area contributed by atoms with Crippen molar-refractivity contribution in [3.05, 3.63) is 23.9 Å². The van der Waals surface area contributed by atoms with Crippen LogP contribution in [0.3, 0.4) is 0 Å². The van der Waals surface area contributed by atoms with Crippen molar-refractivity contribution in [3.63, 3.8) is 0 Å². The maximum atomic E-state index is 12.1. The molecular weight excluding hydrogens is 370 g/mol. The van der Waals surface area contributed by atoms with Crippen molar-refractivity contribution in [2.24, 2.45) is 4.99 Å². The molecule has 1 fully saturated rings. The van der Waals surface area contributed by atoms with Crippen molar-refractivity contribution >= 4 is 11.9 Å². The summed E-state index contributed by atoms with van der Waals surface area (Å²) in [4.78, 5) is 23.0. The fourth-order valence-electron chi connectivity index (χ4n) is 3.15. The van der Waals surface area contributed by atoms with E-state index in [-0.39, 0.29) is 0 Å². The number of ether oxygens (including phenoxy) is 2. The maximum absolute atomic E-state index is 12.1. The van der Waals surface area contributed by atoms with Crippen LogP contribution in [-0.4, -0.2) is 68.3 Å². The lowest BCUT2D eigenvalue weighted by Crippen LogP contribution is -2.39. The number of carbonyl (C=O) groups excluding carboxylic acids is 1. The first-order chi connectivity index (χ1) is 14.2. The predicted octanol–water partition coefficient (Wildman–Crippen LogP) is 1.95. The highest BCUT2D eigenvalue weighted by molar-refractivity contribution is 5.79. The fraction of sp³-hybridized carbons (Fsp3) is 0.667. The van der Waals surface area contributed by atoms with Crippen LogP contribution in [0, 0.1) is 0 Å². The molecule has 1 aliphatic heterocycles. The molecule has 2 N–H and O–H groups in total. The predicted molar refractivity (Wildman–Crippen MR) is 114 cm³/mol. The van der Waals surface area contributed by atoms with Gasteiger partial charge in [0.05, 0.1) is 13.2 Å². The second-order valence-electron chi connectivity index (χ2n) is 6.98. The molecule has 0 bridgehead atoms. The molecule has 0 unspecified atom stereocenters. The Labute approximate surface area is 174 Å². The van der Waals surface area contributed by atoms with E-state index in [4.69, 9.17) is 9.47 Å². The van der Waals surface area contributed by atoms with Gasteiger partial charge in [0, 0.05) is 51.5 Å². The van der Waals surface area contributed by atoms with Crippen molar-refractivity contribution < 1.29 is 14.3 Å². The van der Waals surface area contributed by atoms with Crippen LogP contribution in [-0.2, 0) is 16.1 Å². The van der Waals surface area contributed by atoms with Gasteiger partial charge in [0.1, 0.15) is 6.61 Å². The van der Waals surface area contributed by atoms with Crippen LogP contribution in [0.4, 0.5) is 0 Å². The summed E-state index contributed by atoms with van der Waals surface area (Å²) in [5.74, 6) is 1.63. The molecule has 2 heterocycles. The van der Waals surface area contributed by atoms with Crippen LogP contribution in [0.1, 0.15) is 44.6 Å². The molecule has 0 saturated carbocycles. The number of hydrogen-bond acceptors (Lipinski definition) is 5. The number of rotatable bonds is 11. The van der Waals surface area contributed by atoms with Crippen molar-refractivity contribution in [3.8, 4) is 5.88 Å². The van der Waals surface area contributed by atoms with E-state index in [1.807, 2.05) is 24.0 Å². The third kappa shape index (κ3) is 8.68. The number of likely N-dealkylation sites (tertiary alicyclic amines) is 1. The van der Waals surface area contributed by atoms with E-state index in [2.05, 4.69) is 20.6 Å². The van der Waals surface area contributed by atoms with Crippen LogP contribution >= 0.6 is 0 Å². The van der Waals surface area contributed by atoms with Crippen LogP contribution in [0.2, 0.25) is 0 Å². The Hall–Kier alpha value is -2.35. The Morgan fingerprint density at radius 1 is 1.28 bits per heavy atom. The molecule has 8 heteroatoms. The van der Waals surface area contributed by atoms with Gasteiger partial charge in [-0.3, -0.25) is 4.79 Å². The van der Waals surface area contributed by atoms with E-state index >= 15 is 0 Å². The molecule has 1 aliphatic rings. The number of pyridine rings is 1. The van der Waals surface area contributed by atoms with Crippen LogP contribution < -0.4 is 15.4 Å². The number of methoxy groups -OCH3 is 1. The highest BCUT2D eigenvalue weighted by Crippen LogP contribution is 2.15. The molecule has 1 aromatic rings. The topological polar surface area (TPSA) is 88.1 Å². The first-order valence-corrected chi connectivity index (χ1v) is 10.6. The van der Waals surface area contributed by atoms with Gasteiger partial charge in [-0.2, -0.15) is 0 Å². The van der Waals surface area contributed by atoms with E-state index in [1.165, 1.54) is 0 Å². The summed E-state index contributed by atoms with van der Waals surface area (Å²) in [5, 5.41) is 6.61. The molecular formula is C21H35N5O3. The Balaban J connectivity index is 1.82. The Bertz CT molecular complexity index is 638.